The van der Waals surface area contributed by atoms with Crippen LogP contribution in [-0.2, 0) is 6.54 Å². The first-order valence-corrected chi connectivity index (χ1v) is 8.51. The van der Waals surface area contributed by atoms with Crippen LogP contribution in [0.1, 0.15) is 15.9 Å². The highest BCUT2D eigenvalue weighted by atomic mass is 16.5. The van der Waals surface area contributed by atoms with E-state index in [1.807, 2.05) is 54.6 Å². The number of ether oxygens (including phenoxy) is 3. The third kappa shape index (κ3) is 4.79. The number of benzene rings is 3. The van der Waals surface area contributed by atoms with Crippen molar-refractivity contribution in [3.05, 3.63) is 83.9 Å². The molecule has 0 heterocycles. The molecule has 0 aliphatic heterocycles. The zero-order valence-electron chi connectivity index (χ0n) is 15.3. The highest BCUT2D eigenvalue weighted by Gasteiger charge is 2.10. The van der Waals surface area contributed by atoms with Gasteiger partial charge in [-0.2, -0.15) is 0 Å². The molecule has 0 unspecified atom stereocenters. The fourth-order valence-corrected chi connectivity index (χ4v) is 2.62. The number of carbonyl (C=O) groups is 1. The van der Waals surface area contributed by atoms with E-state index in [0.29, 0.717) is 29.4 Å². The molecular formula is C22H21NO4. The Labute approximate surface area is 158 Å². The van der Waals surface area contributed by atoms with Crippen LogP contribution in [0.4, 0.5) is 0 Å². The summed E-state index contributed by atoms with van der Waals surface area (Å²) in [4.78, 5) is 12.5. The van der Waals surface area contributed by atoms with Crippen LogP contribution in [0.2, 0.25) is 0 Å². The fourth-order valence-electron chi connectivity index (χ4n) is 2.62. The van der Waals surface area contributed by atoms with Crippen LogP contribution in [0.3, 0.4) is 0 Å². The summed E-state index contributed by atoms with van der Waals surface area (Å²) < 4.78 is 16.4. The van der Waals surface area contributed by atoms with Crippen LogP contribution in [0, 0.1) is 0 Å². The number of para-hydroxylation sites is 1. The van der Waals surface area contributed by atoms with Crippen molar-refractivity contribution in [2.45, 2.75) is 6.54 Å². The maximum Gasteiger partial charge on any atom is 0.251 e. The molecule has 0 aliphatic carbocycles. The molecule has 3 aromatic carbocycles. The van der Waals surface area contributed by atoms with Gasteiger partial charge in [0.15, 0.2) is 0 Å². The van der Waals surface area contributed by atoms with Crippen molar-refractivity contribution in [3.8, 4) is 23.0 Å². The summed E-state index contributed by atoms with van der Waals surface area (Å²) in [5.41, 5.74) is 1.35. The van der Waals surface area contributed by atoms with Crippen molar-refractivity contribution in [2.75, 3.05) is 14.2 Å². The van der Waals surface area contributed by atoms with Crippen LogP contribution >= 0.6 is 0 Å². The van der Waals surface area contributed by atoms with Crippen molar-refractivity contribution in [1.82, 2.24) is 5.32 Å². The van der Waals surface area contributed by atoms with Crippen LogP contribution < -0.4 is 19.5 Å². The van der Waals surface area contributed by atoms with Crippen LogP contribution in [-0.4, -0.2) is 20.1 Å². The van der Waals surface area contributed by atoms with Gasteiger partial charge in [0, 0.05) is 17.7 Å². The third-order valence-electron chi connectivity index (χ3n) is 4.00. The molecule has 0 saturated heterocycles. The SMILES string of the molecule is COc1ccc(OC)c(CNC(=O)c2cccc(Oc3ccccc3)c2)c1. The average molecular weight is 363 g/mol. The molecular weight excluding hydrogens is 342 g/mol. The zero-order chi connectivity index (χ0) is 19.1. The lowest BCUT2D eigenvalue weighted by Crippen LogP contribution is -2.23. The second kappa shape index (κ2) is 8.76. The summed E-state index contributed by atoms with van der Waals surface area (Å²) >= 11 is 0. The number of hydrogen-bond acceptors (Lipinski definition) is 4. The number of amides is 1. The van der Waals surface area contributed by atoms with E-state index in [0.717, 1.165) is 11.3 Å². The molecule has 1 N–H and O–H groups in total. The van der Waals surface area contributed by atoms with Gasteiger partial charge in [-0.05, 0) is 48.5 Å². The zero-order valence-corrected chi connectivity index (χ0v) is 15.3. The number of rotatable bonds is 7. The molecule has 5 heteroatoms. The van der Waals surface area contributed by atoms with Gasteiger partial charge in [0.05, 0.1) is 14.2 Å². The smallest absolute Gasteiger partial charge is 0.251 e. The monoisotopic (exact) mass is 363 g/mol. The molecule has 0 spiro atoms. The quantitative estimate of drug-likeness (QED) is 0.675. The molecule has 0 saturated carbocycles. The summed E-state index contributed by atoms with van der Waals surface area (Å²) in [6.45, 7) is 0.322. The predicted molar refractivity (Wildman–Crippen MR) is 104 cm³/mol. The van der Waals surface area contributed by atoms with Crippen molar-refractivity contribution < 1.29 is 19.0 Å². The fraction of sp³-hybridized carbons (Fsp3) is 0.136. The molecule has 0 fully saturated rings. The molecule has 0 atom stereocenters. The van der Waals surface area contributed by atoms with Gasteiger partial charge < -0.3 is 19.5 Å². The molecule has 3 aromatic rings. The van der Waals surface area contributed by atoms with Gasteiger partial charge in [-0.1, -0.05) is 24.3 Å². The Balaban J connectivity index is 1.69. The van der Waals surface area contributed by atoms with E-state index >= 15 is 0 Å². The largest absolute Gasteiger partial charge is 0.497 e. The Kier molecular flexibility index (Phi) is 5.94. The van der Waals surface area contributed by atoms with E-state index in [4.69, 9.17) is 14.2 Å². The molecule has 5 nitrogen and oxygen atoms in total. The first-order chi connectivity index (χ1) is 13.2. The summed E-state index contributed by atoms with van der Waals surface area (Å²) in [5.74, 6) is 2.53. The van der Waals surface area contributed by atoms with Gasteiger partial charge in [0.25, 0.3) is 5.91 Å². The van der Waals surface area contributed by atoms with E-state index < -0.39 is 0 Å². The van der Waals surface area contributed by atoms with Crippen LogP contribution in [0.15, 0.2) is 72.8 Å². The highest BCUT2D eigenvalue weighted by molar-refractivity contribution is 5.94. The second-order valence-electron chi connectivity index (χ2n) is 5.80. The third-order valence-corrected chi connectivity index (χ3v) is 4.00. The van der Waals surface area contributed by atoms with E-state index in [1.165, 1.54) is 0 Å². The van der Waals surface area contributed by atoms with Crippen molar-refractivity contribution in [2.24, 2.45) is 0 Å². The van der Waals surface area contributed by atoms with Gasteiger partial charge in [0.2, 0.25) is 0 Å². The minimum atomic E-state index is -0.196. The Morgan fingerprint density at radius 3 is 2.33 bits per heavy atom. The van der Waals surface area contributed by atoms with Crippen molar-refractivity contribution in [1.29, 1.82) is 0 Å². The Bertz CT molecular complexity index is 909. The molecule has 0 aromatic heterocycles. The molecule has 0 bridgehead atoms. The first kappa shape index (κ1) is 18.3. The molecule has 1 amide bonds. The Morgan fingerprint density at radius 1 is 0.815 bits per heavy atom. The van der Waals surface area contributed by atoms with E-state index in [9.17, 15) is 4.79 Å². The highest BCUT2D eigenvalue weighted by Crippen LogP contribution is 2.24. The number of methoxy groups -OCH3 is 2. The second-order valence-corrected chi connectivity index (χ2v) is 5.80. The van der Waals surface area contributed by atoms with Crippen molar-refractivity contribution >= 4 is 5.91 Å². The lowest BCUT2D eigenvalue weighted by atomic mass is 10.1. The normalized spacial score (nSPS) is 10.1. The first-order valence-electron chi connectivity index (χ1n) is 8.51. The van der Waals surface area contributed by atoms with E-state index in [-0.39, 0.29) is 5.91 Å². The van der Waals surface area contributed by atoms with E-state index in [2.05, 4.69) is 5.32 Å². The Hall–Kier alpha value is -3.47. The molecule has 0 radical (unpaired) electrons. The Morgan fingerprint density at radius 2 is 1.59 bits per heavy atom. The maximum atomic E-state index is 12.5. The van der Waals surface area contributed by atoms with Crippen LogP contribution in [0.25, 0.3) is 0 Å². The summed E-state index contributed by atoms with van der Waals surface area (Å²) in [7, 11) is 3.19. The van der Waals surface area contributed by atoms with Gasteiger partial charge >= 0.3 is 0 Å². The van der Waals surface area contributed by atoms with Gasteiger partial charge in [-0.3, -0.25) is 4.79 Å². The molecule has 0 aliphatic rings. The minimum absolute atomic E-state index is 0.196. The minimum Gasteiger partial charge on any atom is -0.497 e. The number of hydrogen-bond donors (Lipinski definition) is 1. The lowest BCUT2D eigenvalue weighted by molar-refractivity contribution is 0.0950. The summed E-state index contributed by atoms with van der Waals surface area (Å²) in [6.07, 6.45) is 0. The number of nitrogens with one attached hydrogen (secondary N) is 1. The van der Waals surface area contributed by atoms with Gasteiger partial charge in [0.1, 0.15) is 23.0 Å². The summed E-state index contributed by atoms with van der Waals surface area (Å²) in [6, 6.07) is 22.0. The lowest BCUT2D eigenvalue weighted by Gasteiger charge is -2.12. The number of carbonyl (C=O) groups excluding carboxylic acids is 1. The molecule has 138 valence electrons. The standard InChI is InChI=1S/C22H21NO4/c1-25-19-11-12-21(26-2)17(14-19)15-23-22(24)16-7-6-10-20(13-16)27-18-8-4-3-5-9-18/h3-14H,15H2,1-2H3,(H,23,24). The molecule has 27 heavy (non-hydrogen) atoms. The summed E-state index contributed by atoms with van der Waals surface area (Å²) in [5, 5.41) is 2.90. The van der Waals surface area contributed by atoms with Gasteiger partial charge in [-0.15, -0.1) is 0 Å². The van der Waals surface area contributed by atoms with Gasteiger partial charge in [-0.25, -0.2) is 0 Å². The van der Waals surface area contributed by atoms with Crippen LogP contribution in [0.5, 0.6) is 23.0 Å². The topological polar surface area (TPSA) is 56.8 Å². The van der Waals surface area contributed by atoms with E-state index in [1.54, 1.807) is 32.4 Å². The van der Waals surface area contributed by atoms with Crippen molar-refractivity contribution in [3.63, 3.8) is 0 Å². The maximum absolute atomic E-state index is 12.5. The molecule has 3 rings (SSSR count). The average Bonchev–Trinajstić information content (AvgIpc) is 2.72. The predicted octanol–water partition coefficient (Wildman–Crippen LogP) is 4.43.